The van der Waals surface area contributed by atoms with Gasteiger partial charge in [0, 0.05) is 12.4 Å². The van der Waals surface area contributed by atoms with E-state index in [-0.39, 0.29) is 9.77 Å². The molecule has 2 aromatic rings. The van der Waals surface area contributed by atoms with Crippen LogP contribution >= 0.6 is 11.3 Å². The highest BCUT2D eigenvalue weighted by atomic mass is 32.2. The molecule has 2 rings (SSSR count). The number of esters is 1. The first-order valence-corrected chi connectivity index (χ1v) is 7.99. The number of nitrogens with one attached hydrogen (secondary N) is 2. The first-order valence-electron chi connectivity index (χ1n) is 5.63. The van der Waals surface area contributed by atoms with Crippen LogP contribution in [0.25, 0.3) is 0 Å². The summed E-state index contributed by atoms with van der Waals surface area (Å²) in [4.78, 5) is 18.3. The molecule has 0 aliphatic carbocycles. The van der Waals surface area contributed by atoms with Gasteiger partial charge in [-0.25, -0.2) is 22.9 Å². The Kier molecular flexibility index (Phi) is 4.21. The van der Waals surface area contributed by atoms with Crippen LogP contribution in [-0.2, 0) is 14.8 Å². The number of carbonyl (C=O) groups is 1. The van der Waals surface area contributed by atoms with Crippen molar-refractivity contribution in [3.8, 4) is 0 Å². The van der Waals surface area contributed by atoms with E-state index in [1.165, 1.54) is 24.8 Å². The molecule has 0 radical (unpaired) electrons. The van der Waals surface area contributed by atoms with Crippen molar-refractivity contribution in [2.24, 2.45) is 0 Å². The van der Waals surface area contributed by atoms with Crippen LogP contribution in [0.5, 0.6) is 0 Å². The van der Waals surface area contributed by atoms with Crippen molar-refractivity contribution in [2.45, 2.75) is 17.9 Å². The molecule has 0 saturated carbocycles. The maximum absolute atomic E-state index is 12.3. The Morgan fingerprint density at radius 3 is 2.90 bits per heavy atom. The summed E-state index contributed by atoms with van der Waals surface area (Å²) < 4.78 is 31.6. The number of carbonyl (C=O) groups excluding carboxylic acids is 1. The molecule has 0 aliphatic rings. The SMILES string of the molecule is COC(=O)c1sccc1S(=O)(=O)NC(C)c1ncc[nH]1. The average molecular weight is 315 g/mol. The molecule has 2 heterocycles. The second kappa shape index (κ2) is 5.73. The number of rotatable bonds is 5. The smallest absolute Gasteiger partial charge is 0.349 e. The van der Waals surface area contributed by atoms with Crippen LogP contribution in [-0.4, -0.2) is 31.5 Å². The molecule has 0 amide bonds. The van der Waals surface area contributed by atoms with E-state index in [4.69, 9.17) is 0 Å². The molecule has 9 heteroatoms. The molecule has 2 N–H and O–H groups in total. The number of aromatic nitrogens is 2. The number of sulfonamides is 1. The number of hydrogen-bond acceptors (Lipinski definition) is 6. The third-order valence-corrected chi connectivity index (χ3v) is 5.16. The molecule has 2 aromatic heterocycles. The van der Waals surface area contributed by atoms with Crippen molar-refractivity contribution in [1.29, 1.82) is 0 Å². The lowest BCUT2D eigenvalue weighted by Gasteiger charge is -2.12. The van der Waals surface area contributed by atoms with Gasteiger partial charge in [0.15, 0.2) is 0 Å². The van der Waals surface area contributed by atoms with Crippen LogP contribution in [0.15, 0.2) is 28.7 Å². The lowest BCUT2D eigenvalue weighted by atomic mass is 10.3. The van der Waals surface area contributed by atoms with Crippen molar-refractivity contribution in [3.63, 3.8) is 0 Å². The molecule has 1 atom stereocenters. The van der Waals surface area contributed by atoms with E-state index in [0.29, 0.717) is 5.82 Å². The standard InChI is InChI=1S/C11H13N3O4S2/c1-7(10-12-4-5-13-10)14-20(16,17)8-3-6-19-9(8)11(15)18-2/h3-7,14H,1-2H3,(H,12,13). The maximum Gasteiger partial charge on any atom is 0.349 e. The van der Waals surface area contributed by atoms with Crippen LogP contribution in [0, 0.1) is 0 Å². The van der Waals surface area contributed by atoms with E-state index in [0.717, 1.165) is 11.3 Å². The van der Waals surface area contributed by atoms with Gasteiger partial charge in [-0.3, -0.25) is 0 Å². The molecule has 0 saturated heterocycles. The molecule has 1 unspecified atom stereocenters. The quantitative estimate of drug-likeness (QED) is 0.810. The maximum atomic E-state index is 12.3. The average Bonchev–Trinajstić information content (AvgIpc) is 3.08. The largest absolute Gasteiger partial charge is 0.465 e. The molecule has 0 bridgehead atoms. The molecule has 7 nitrogen and oxygen atoms in total. The molecule has 108 valence electrons. The van der Waals surface area contributed by atoms with Gasteiger partial charge in [-0.2, -0.15) is 0 Å². The van der Waals surface area contributed by atoms with E-state index >= 15 is 0 Å². The predicted molar refractivity (Wildman–Crippen MR) is 73.0 cm³/mol. The minimum Gasteiger partial charge on any atom is -0.465 e. The van der Waals surface area contributed by atoms with Crippen molar-refractivity contribution >= 4 is 27.3 Å². The van der Waals surface area contributed by atoms with Crippen LogP contribution in [0.2, 0.25) is 0 Å². The lowest BCUT2D eigenvalue weighted by molar-refractivity contribution is 0.0602. The third-order valence-electron chi connectivity index (χ3n) is 2.55. The van der Waals surface area contributed by atoms with Crippen molar-refractivity contribution in [2.75, 3.05) is 7.11 Å². The summed E-state index contributed by atoms with van der Waals surface area (Å²) in [5.74, 6) is -0.186. The van der Waals surface area contributed by atoms with Crippen molar-refractivity contribution in [1.82, 2.24) is 14.7 Å². The van der Waals surface area contributed by atoms with Crippen LogP contribution in [0.1, 0.15) is 28.5 Å². The highest BCUT2D eigenvalue weighted by molar-refractivity contribution is 7.89. The summed E-state index contributed by atoms with van der Waals surface area (Å²) in [5, 5.41) is 1.53. The van der Waals surface area contributed by atoms with Crippen molar-refractivity contribution < 1.29 is 17.9 Å². The number of methoxy groups -OCH3 is 1. The van der Waals surface area contributed by atoms with Gasteiger partial charge in [-0.15, -0.1) is 11.3 Å². The Bertz CT molecular complexity index is 691. The Hall–Kier alpha value is -1.71. The van der Waals surface area contributed by atoms with Gasteiger partial charge in [0.2, 0.25) is 10.0 Å². The van der Waals surface area contributed by atoms with E-state index < -0.39 is 22.0 Å². The van der Waals surface area contributed by atoms with Crippen molar-refractivity contribution in [3.05, 3.63) is 34.5 Å². The number of hydrogen-bond donors (Lipinski definition) is 2. The monoisotopic (exact) mass is 315 g/mol. The highest BCUT2D eigenvalue weighted by Gasteiger charge is 2.26. The second-order valence-electron chi connectivity index (χ2n) is 3.92. The number of thiophene rings is 1. The molecule has 0 aliphatic heterocycles. The molecule has 0 spiro atoms. The summed E-state index contributed by atoms with van der Waals surface area (Å²) in [6, 6.07) is 0.828. The zero-order valence-corrected chi connectivity index (χ0v) is 12.4. The summed E-state index contributed by atoms with van der Waals surface area (Å²) in [7, 11) is -2.62. The summed E-state index contributed by atoms with van der Waals surface area (Å²) in [6.45, 7) is 1.65. The molecule has 0 fully saturated rings. The Morgan fingerprint density at radius 2 is 2.30 bits per heavy atom. The van der Waals surface area contributed by atoms with Gasteiger partial charge in [0.1, 0.15) is 15.6 Å². The minimum absolute atomic E-state index is 0.0478. The predicted octanol–water partition coefficient (Wildman–Crippen LogP) is 1.30. The number of H-pyrrole nitrogens is 1. The number of aromatic amines is 1. The molecule has 0 aromatic carbocycles. The molecule has 20 heavy (non-hydrogen) atoms. The third kappa shape index (κ3) is 2.89. The fourth-order valence-electron chi connectivity index (χ4n) is 1.62. The summed E-state index contributed by atoms with van der Waals surface area (Å²) in [5.41, 5.74) is 0. The van der Waals surface area contributed by atoms with E-state index in [2.05, 4.69) is 19.4 Å². The Balaban J connectivity index is 2.27. The first kappa shape index (κ1) is 14.7. The lowest BCUT2D eigenvalue weighted by Crippen LogP contribution is -2.28. The topological polar surface area (TPSA) is 101 Å². The van der Waals surface area contributed by atoms with Gasteiger partial charge in [-0.05, 0) is 18.4 Å². The normalized spacial score (nSPS) is 13.1. The first-order chi connectivity index (χ1) is 9.45. The second-order valence-corrected chi connectivity index (χ2v) is 6.52. The van der Waals surface area contributed by atoms with Crippen LogP contribution < -0.4 is 4.72 Å². The summed E-state index contributed by atoms with van der Waals surface area (Å²) in [6.07, 6.45) is 3.13. The minimum atomic E-state index is -3.83. The van der Waals surface area contributed by atoms with Gasteiger partial charge < -0.3 is 9.72 Å². The number of nitrogens with zero attached hydrogens (tertiary/aromatic N) is 1. The van der Waals surface area contributed by atoms with Crippen LogP contribution in [0.4, 0.5) is 0 Å². The summed E-state index contributed by atoms with van der Waals surface area (Å²) >= 11 is 1.02. The van der Waals surface area contributed by atoms with Gasteiger partial charge >= 0.3 is 5.97 Å². The zero-order chi connectivity index (χ0) is 14.8. The zero-order valence-electron chi connectivity index (χ0n) is 10.8. The Labute approximate surface area is 120 Å². The molecular weight excluding hydrogens is 302 g/mol. The fraction of sp³-hybridized carbons (Fsp3) is 0.273. The van der Waals surface area contributed by atoms with E-state index in [9.17, 15) is 13.2 Å². The van der Waals surface area contributed by atoms with E-state index in [1.807, 2.05) is 0 Å². The highest BCUT2D eigenvalue weighted by Crippen LogP contribution is 2.24. The van der Waals surface area contributed by atoms with Crippen LogP contribution in [0.3, 0.4) is 0 Å². The number of imidazole rings is 1. The van der Waals surface area contributed by atoms with Gasteiger partial charge in [0.25, 0.3) is 0 Å². The fourth-order valence-corrected chi connectivity index (χ4v) is 4.16. The molecular formula is C11H13N3O4S2. The number of ether oxygens (including phenoxy) is 1. The van der Waals surface area contributed by atoms with Gasteiger partial charge in [-0.1, -0.05) is 0 Å². The Morgan fingerprint density at radius 1 is 1.55 bits per heavy atom. The van der Waals surface area contributed by atoms with E-state index in [1.54, 1.807) is 13.1 Å². The van der Waals surface area contributed by atoms with Gasteiger partial charge in [0.05, 0.1) is 13.2 Å².